The van der Waals surface area contributed by atoms with E-state index in [0.29, 0.717) is 5.82 Å². The van der Waals surface area contributed by atoms with Crippen LogP contribution in [0.15, 0.2) is 35.7 Å². The first-order chi connectivity index (χ1) is 9.49. The largest absolute Gasteiger partial charge is 0.511 e. The van der Waals surface area contributed by atoms with Gasteiger partial charge in [0.15, 0.2) is 5.78 Å². The van der Waals surface area contributed by atoms with Crippen LogP contribution in [0.25, 0.3) is 0 Å². The molecule has 104 valence electrons. The summed E-state index contributed by atoms with van der Waals surface area (Å²) in [4.78, 5) is 26.8. The van der Waals surface area contributed by atoms with Gasteiger partial charge in [0.2, 0.25) is 0 Å². The van der Waals surface area contributed by atoms with Gasteiger partial charge in [-0.25, -0.2) is 4.98 Å². The molecule has 0 bridgehead atoms. The molecule has 6 nitrogen and oxygen atoms in total. The number of aliphatic hydroxyl groups excluding tert-OH is 1. The van der Waals surface area contributed by atoms with Crippen LogP contribution < -0.4 is 5.32 Å². The van der Waals surface area contributed by atoms with Crippen LogP contribution in [0.1, 0.15) is 12.8 Å². The molecule has 1 atom stereocenters. The van der Waals surface area contributed by atoms with Gasteiger partial charge in [-0.1, -0.05) is 18.3 Å². The summed E-state index contributed by atoms with van der Waals surface area (Å²) in [6.07, 6.45) is 1.29. The van der Waals surface area contributed by atoms with Gasteiger partial charge >= 0.3 is 5.97 Å². The molecular weight excluding hydrogens is 280 g/mol. The fourth-order valence-electron chi connectivity index (χ4n) is 1.94. The molecule has 0 aromatic carbocycles. The van der Waals surface area contributed by atoms with Crippen molar-refractivity contribution >= 4 is 34.8 Å². The maximum Gasteiger partial charge on any atom is 0.307 e. The first-order valence-corrected chi connectivity index (χ1v) is 6.30. The smallest absolute Gasteiger partial charge is 0.307 e. The number of carboxylic acid groups (broad SMARTS) is 1. The molecule has 1 aromatic rings. The predicted octanol–water partition coefficient (Wildman–Crippen LogP) is 1.70. The van der Waals surface area contributed by atoms with E-state index in [-0.39, 0.29) is 29.2 Å². The molecule has 0 fully saturated rings. The number of thiocarbonyl (C=S) groups is 1. The van der Waals surface area contributed by atoms with Gasteiger partial charge in [-0.05, 0) is 12.1 Å². The molecule has 0 radical (unpaired) electrons. The number of anilines is 1. The molecule has 0 saturated heterocycles. The Labute approximate surface area is 120 Å². The van der Waals surface area contributed by atoms with E-state index in [2.05, 4.69) is 10.3 Å². The van der Waals surface area contributed by atoms with Crippen molar-refractivity contribution in [3.05, 3.63) is 35.7 Å². The molecule has 0 amide bonds. The summed E-state index contributed by atoms with van der Waals surface area (Å²) in [7, 11) is 0. The van der Waals surface area contributed by atoms with Gasteiger partial charge in [0.1, 0.15) is 16.6 Å². The van der Waals surface area contributed by atoms with Crippen molar-refractivity contribution in [3.63, 3.8) is 0 Å². The Morgan fingerprint density at radius 1 is 1.40 bits per heavy atom. The quantitative estimate of drug-likeness (QED) is 0.729. The molecule has 20 heavy (non-hydrogen) atoms. The highest BCUT2D eigenvalue weighted by atomic mass is 32.1. The molecule has 2 rings (SSSR count). The molecule has 1 aliphatic rings. The number of allylic oxidation sites excluding steroid dienone is 1. The zero-order valence-corrected chi connectivity index (χ0v) is 11.2. The van der Waals surface area contributed by atoms with Crippen LogP contribution in [0.4, 0.5) is 5.82 Å². The average Bonchev–Trinajstić information content (AvgIpc) is 2.38. The maximum absolute atomic E-state index is 11.9. The average molecular weight is 292 g/mol. The van der Waals surface area contributed by atoms with E-state index in [0.717, 1.165) is 0 Å². The van der Waals surface area contributed by atoms with Crippen LogP contribution in [0.5, 0.6) is 0 Å². The minimum absolute atomic E-state index is 0.0249. The number of aliphatic hydroxyl groups is 1. The van der Waals surface area contributed by atoms with Gasteiger partial charge in [0.25, 0.3) is 0 Å². The van der Waals surface area contributed by atoms with Gasteiger partial charge in [-0.15, -0.1) is 0 Å². The molecule has 1 unspecified atom stereocenters. The second-order valence-corrected chi connectivity index (χ2v) is 4.77. The fourth-order valence-corrected chi connectivity index (χ4v) is 2.28. The van der Waals surface area contributed by atoms with E-state index < -0.39 is 17.7 Å². The van der Waals surface area contributed by atoms with E-state index in [1.54, 1.807) is 24.4 Å². The van der Waals surface area contributed by atoms with Crippen LogP contribution in [-0.2, 0) is 9.59 Å². The van der Waals surface area contributed by atoms with Gasteiger partial charge in [-0.2, -0.15) is 0 Å². The van der Waals surface area contributed by atoms with Crippen molar-refractivity contribution in [2.75, 3.05) is 5.32 Å². The number of nitrogens with zero attached hydrogens (tertiary/aromatic N) is 1. The van der Waals surface area contributed by atoms with Crippen LogP contribution in [0.2, 0.25) is 0 Å². The zero-order chi connectivity index (χ0) is 14.7. The molecule has 1 heterocycles. The topological polar surface area (TPSA) is 99.5 Å². The van der Waals surface area contributed by atoms with Gasteiger partial charge in [0.05, 0.1) is 11.5 Å². The third-order valence-corrected chi connectivity index (χ3v) is 3.23. The van der Waals surface area contributed by atoms with E-state index in [1.807, 2.05) is 0 Å². The second kappa shape index (κ2) is 5.79. The number of hydrogen-bond acceptors (Lipinski definition) is 5. The lowest BCUT2D eigenvalue weighted by Crippen LogP contribution is -2.30. The summed E-state index contributed by atoms with van der Waals surface area (Å²) < 4.78 is 0. The van der Waals surface area contributed by atoms with Crippen LogP contribution >= 0.6 is 12.2 Å². The number of Topliss-reactive ketones (excluding diaryl/α,β-unsaturated/α-hetero) is 1. The summed E-state index contributed by atoms with van der Waals surface area (Å²) >= 11 is 5.08. The van der Waals surface area contributed by atoms with Crippen molar-refractivity contribution < 1.29 is 19.8 Å². The first kappa shape index (κ1) is 14.1. The van der Waals surface area contributed by atoms with Crippen molar-refractivity contribution in [1.82, 2.24) is 4.98 Å². The SMILES string of the molecule is O=C1CC(C(=O)O)CC(O)=C1C(=S)Nc1ccccn1. The number of aromatic nitrogens is 1. The highest BCUT2D eigenvalue weighted by molar-refractivity contribution is 7.81. The van der Waals surface area contributed by atoms with Crippen molar-refractivity contribution in [2.24, 2.45) is 5.92 Å². The van der Waals surface area contributed by atoms with E-state index in [1.165, 1.54) is 0 Å². The summed E-state index contributed by atoms with van der Waals surface area (Å²) in [6, 6.07) is 5.14. The molecule has 1 aromatic heterocycles. The number of pyridine rings is 1. The van der Waals surface area contributed by atoms with Crippen molar-refractivity contribution in [3.8, 4) is 0 Å². The predicted molar refractivity (Wildman–Crippen MR) is 75.5 cm³/mol. The van der Waals surface area contributed by atoms with Gasteiger partial charge < -0.3 is 15.5 Å². The lowest BCUT2D eigenvalue weighted by molar-refractivity contribution is -0.144. The molecule has 3 N–H and O–H groups in total. The highest BCUT2D eigenvalue weighted by Crippen LogP contribution is 2.27. The molecule has 7 heteroatoms. The van der Waals surface area contributed by atoms with E-state index in [4.69, 9.17) is 17.3 Å². The Morgan fingerprint density at radius 3 is 2.70 bits per heavy atom. The molecule has 0 spiro atoms. The molecule has 1 aliphatic carbocycles. The number of carbonyl (C=O) groups excluding carboxylic acids is 1. The minimum Gasteiger partial charge on any atom is -0.511 e. The standard InChI is InChI=1S/C13H12N2O4S/c16-8-5-7(13(18)19)6-9(17)11(8)12(20)15-10-3-1-2-4-14-10/h1-4,7,16H,5-6H2,(H,18,19)(H,14,15,20). The summed E-state index contributed by atoms with van der Waals surface area (Å²) in [5.74, 6) is -2.32. The monoisotopic (exact) mass is 292 g/mol. The fraction of sp³-hybridized carbons (Fsp3) is 0.231. The zero-order valence-electron chi connectivity index (χ0n) is 10.4. The number of aliphatic carboxylic acids is 1. The van der Waals surface area contributed by atoms with Crippen LogP contribution in [-0.4, -0.2) is 31.9 Å². The summed E-state index contributed by atoms with van der Waals surface area (Å²) in [5, 5.41) is 21.5. The van der Waals surface area contributed by atoms with Crippen molar-refractivity contribution in [2.45, 2.75) is 12.8 Å². The third-order valence-electron chi connectivity index (χ3n) is 2.92. The molecule has 0 saturated carbocycles. The Hall–Kier alpha value is -2.28. The van der Waals surface area contributed by atoms with E-state index >= 15 is 0 Å². The van der Waals surface area contributed by atoms with Crippen molar-refractivity contribution in [1.29, 1.82) is 0 Å². The van der Waals surface area contributed by atoms with E-state index in [9.17, 15) is 14.7 Å². The Balaban J connectivity index is 2.19. The summed E-state index contributed by atoms with van der Waals surface area (Å²) in [6.45, 7) is 0. The van der Waals surface area contributed by atoms with Gasteiger partial charge in [-0.3, -0.25) is 9.59 Å². The number of carboxylic acids is 1. The van der Waals surface area contributed by atoms with Gasteiger partial charge in [0, 0.05) is 19.0 Å². The molecular formula is C13H12N2O4S. The third kappa shape index (κ3) is 3.00. The van der Waals surface area contributed by atoms with Crippen LogP contribution in [0.3, 0.4) is 0 Å². The minimum atomic E-state index is -1.10. The number of carbonyl (C=O) groups is 2. The number of ketones is 1. The first-order valence-electron chi connectivity index (χ1n) is 5.89. The number of hydrogen-bond donors (Lipinski definition) is 3. The molecule has 0 aliphatic heterocycles. The summed E-state index contributed by atoms with van der Waals surface area (Å²) in [5.41, 5.74) is -0.0249. The maximum atomic E-state index is 11.9. The Morgan fingerprint density at radius 2 is 2.15 bits per heavy atom. The van der Waals surface area contributed by atoms with Crippen LogP contribution in [0, 0.1) is 5.92 Å². The Kier molecular flexibility index (Phi) is 4.09. The normalized spacial score (nSPS) is 18.8. The Bertz CT molecular complexity index is 598. The second-order valence-electron chi connectivity index (χ2n) is 4.36. The number of nitrogens with one attached hydrogen (secondary N) is 1. The number of rotatable bonds is 3. The highest BCUT2D eigenvalue weighted by Gasteiger charge is 2.33. The lowest BCUT2D eigenvalue weighted by Gasteiger charge is -2.21. The lowest BCUT2D eigenvalue weighted by atomic mass is 9.87.